The summed E-state index contributed by atoms with van der Waals surface area (Å²) in [6.07, 6.45) is 0.734. The van der Waals surface area contributed by atoms with Crippen LogP contribution >= 0.6 is 15.9 Å². The molecule has 21 heavy (non-hydrogen) atoms. The standard InChI is InChI=1S/C14H19BrN2O4/c1-4-21-12-10(6-5-7-11(12)17(19)20)13(18)16-14(2,3)8-9-15/h5-7H,4,8-9H2,1-3H3,(H,16,18). The van der Waals surface area contributed by atoms with Gasteiger partial charge in [-0.1, -0.05) is 22.0 Å². The molecule has 1 aromatic rings. The zero-order valence-corrected chi connectivity index (χ0v) is 13.9. The predicted octanol–water partition coefficient (Wildman–Crippen LogP) is 3.29. The second-order valence-electron chi connectivity index (χ2n) is 5.12. The average molecular weight is 359 g/mol. The van der Waals surface area contributed by atoms with Crippen LogP contribution in [0.3, 0.4) is 0 Å². The Hall–Kier alpha value is -1.63. The number of hydrogen-bond acceptors (Lipinski definition) is 4. The van der Waals surface area contributed by atoms with Gasteiger partial charge in [0.15, 0.2) is 0 Å². The summed E-state index contributed by atoms with van der Waals surface area (Å²) in [5, 5.41) is 14.7. The van der Waals surface area contributed by atoms with Crippen LogP contribution in [0.5, 0.6) is 5.75 Å². The Morgan fingerprint density at radius 2 is 2.14 bits per heavy atom. The lowest BCUT2D eigenvalue weighted by atomic mass is 10.0. The van der Waals surface area contributed by atoms with Gasteiger partial charge in [0.2, 0.25) is 5.75 Å². The van der Waals surface area contributed by atoms with Crippen LogP contribution in [-0.2, 0) is 0 Å². The van der Waals surface area contributed by atoms with Gasteiger partial charge in [-0.15, -0.1) is 0 Å². The summed E-state index contributed by atoms with van der Waals surface area (Å²) in [5.74, 6) is -0.370. The molecule has 0 aliphatic rings. The number of nitrogens with one attached hydrogen (secondary N) is 1. The van der Waals surface area contributed by atoms with E-state index in [2.05, 4.69) is 21.2 Å². The molecule has 1 amide bonds. The van der Waals surface area contributed by atoms with Gasteiger partial charge in [0.1, 0.15) is 0 Å². The molecule has 0 bridgehead atoms. The van der Waals surface area contributed by atoms with Gasteiger partial charge in [-0.2, -0.15) is 0 Å². The van der Waals surface area contributed by atoms with E-state index in [1.807, 2.05) is 13.8 Å². The van der Waals surface area contributed by atoms with Crippen LogP contribution < -0.4 is 10.1 Å². The number of alkyl halides is 1. The molecule has 0 spiro atoms. The van der Waals surface area contributed by atoms with Crippen LogP contribution in [0.15, 0.2) is 18.2 Å². The maximum Gasteiger partial charge on any atom is 0.311 e. The zero-order chi connectivity index (χ0) is 16.0. The molecular weight excluding hydrogens is 340 g/mol. The van der Waals surface area contributed by atoms with Crippen LogP contribution in [0.2, 0.25) is 0 Å². The van der Waals surface area contributed by atoms with Crippen molar-refractivity contribution in [3.05, 3.63) is 33.9 Å². The van der Waals surface area contributed by atoms with E-state index in [1.54, 1.807) is 6.92 Å². The number of para-hydroxylation sites is 1. The molecule has 0 heterocycles. The van der Waals surface area contributed by atoms with E-state index in [0.717, 1.165) is 11.8 Å². The Labute approximate surface area is 132 Å². The molecule has 7 heteroatoms. The zero-order valence-electron chi connectivity index (χ0n) is 12.3. The number of amides is 1. The molecule has 0 fully saturated rings. The largest absolute Gasteiger partial charge is 0.487 e. The van der Waals surface area contributed by atoms with Gasteiger partial charge < -0.3 is 10.1 Å². The van der Waals surface area contributed by atoms with Crippen molar-refractivity contribution in [3.63, 3.8) is 0 Å². The van der Waals surface area contributed by atoms with Crippen molar-refractivity contribution in [1.29, 1.82) is 0 Å². The SMILES string of the molecule is CCOc1c(C(=O)NC(C)(C)CCBr)cccc1[N+](=O)[O-]. The molecular formula is C14H19BrN2O4. The van der Waals surface area contributed by atoms with E-state index >= 15 is 0 Å². The van der Waals surface area contributed by atoms with Crippen LogP contribution in [0, 0.1) is 10.1 Å². The molecule has 0 aromatic heterocycles. The maximum atomic E-state index is 12.4. The van der Waals surface area contributed by atoms with Crippen LogP contribution in [0.4, 0.5) is 5.69 Å². The predicted molar refractivity (Wildman–Crippen MR) is 84.2 cm³/mol. The third kappa shape index (κ3) is 4.70. The fraction of sp³-hybridized carbons (Fsp3) is 0.500. The molecule has 1 aromatic carbocycles. The molecule has 0 aliphatic heterocycles. The Balaban J connectivity index is 3.14. The first-order valence-electron chi connectivity index (χ1n) is 6.61. The topological polar surface area (TPSA) is 81.5 Å². The highest BCUT2D eigenvalue weighted by Gasteiger charge is 2.26. The molecule has 116 valence electrons. The number of ether oxygens (including phenoxy) is 1. The summed E-state index contributed by atoms with van der Waals surface area (Å²) in [6, 6.07) is 4.33. The molecule has 0 saturated carbocycles. The fourth-order valence-electron chi connectivity index (χ4n) is 1.82. The molecule has 0 aliphatic carbocycles. The van der Waals surface area contributed by atoms with Crippen molar-refractivity contribution in [2.24, 2.45) is 0 Å². The summed E-state index contributed by atoms with van der Waals surface area (Å²) < 4.78 is 5.31. The van der Waals surface area contributed by atoms with Gasteiger partial charge in [0.05, 0.1) is 17.1 Å². The van der Waals surface area contributed by atoms with Crippen molar-refractivity contribution in [2.45, 2.75) is 32.7 Å². The van der Waals surface area contributed by atoms with E-state index in [9.17, 15) is 14.9 Å². The summed E-state index contributed by atoms with van der Waals surface area (Å²) in [6.45, 7) is 5.75. The number of benzene rings is 1. The van der Waals surface area contributed by atoms with Crippen molar-refractivity contribution < 1.29 is 14.5 Å². The minimum absolute atomic E-state index is 0.0112. The maximum absolute atomic E-state index is 12.4. The first-order valence-corrected chi connectivity index (χ1v) is 7.73. The van der Waals surface area contributed by atoms with Crippen LogP contribution in [0.1, 0.15) is 37.6 Å². The van der Waals surface area contributed by atoms with Gasteiger partial charge in [-0.3, -0.25) is 14.9 Å². The lowest BCUT2D eigenvalue weighted by Gasteiger charge is -2.25. The number of carbonyl (C=O) groups excluding carboxylic acids is 1. The second kappa shape index (κ2) is 7.40. The van der Waals surface area contributed by atoms with Crippen molar-refractivity contribution >= 4 is 27.5 Å². The highest BCUT2D eigenvalue weighted by atomic mass is 79.9. The van der Waals surface area contributed by atoms with Gasteiger partial charge in [-0.25, -0.2) is 0 Å². The first-order chi connectivity index (χ1) is 9.82. The summed E-state index contributed by atoms with van der Waals surface area (Å²) in [4.78, 5) is 22.9. The number of rotatable bonds is 7. The molecule has 0 saturated heterocycles. The lowest BCUT2D eigenvalue weighted by Crippen LogP contribution is -2.43. The normalized spacial score (nSPS) is 11.0. The Bertz CT molecular complexity index is 532. The molecule has 0 radical (unpaired) electrons. The summed E-state index contributed by atoms with van der Waals surface area (Å²) in [5.41, 5.74) is -0.453. The summed E-state index contributed by atoms with van der Waals surface area (Å²) in [7, 11) is 0. The monoisotopic (exact) mass is 358 g/mol. The Morgan fingerprint density at radius 1 is 1.48 bits per heavy atom. The number of nitro groups is 1. The number of nitro benzene ring substituents is 1. The molecule has 1 N–H and O–H groups in total. The Kier molecular flexibility index (Phi) is 6.14. The van der Waals surface area contributed by atoms with Crippen molar-refractivity contribution in [2.75, 3.05) is 11.9 Å². The smallest absolute Gasteiger partial charge is 0.311 e. The van der Waals surface area contributed by atoms with E-state index in [4.69, 9.17) is 4.74 Å². The minimum atomic E-state index is -0.550. The van der Waals surface area contributed by atoms with Crippen LogP contribution in [0.25, 0.3) is 0 Å². The summed E-state index contributed by atoms with van der Waals surface area (Å²) >= 11 is 3.34. The van der Waals surface area contributed by atoms with Gasteiger partial charge in [0, 0.05) is 16.9 Å². The van der Waals surface area contributed by atoms with Crippen molar-refractivity contribution in [1.82, 2.24) is 5.32 Å². The second-order valence-corrected chi connectivity index (χ2v) is 5.91. The minimum Gasteiger partial charge on any atom is -0.487 e. The molecule has 0 atom stereocenters. The Morgan fingerprint density at radius 3 is 2.67 bits per heavy atom. The van der Waals surface area contributed by atoms with E-state index in [1.165, 1.54) is 18.2 Å². The van der Waals surface area contributed by atoms with E-state index < -0.39 is 10.5 Å². The number of hydrogen-bond donors (Lipinski definition) is 1. The van der Waals surface area contributed by atoms with Crippen molar-refractivity contribution in [3.8, 4) is 5.75 Å². The lowest BCUT2D eigenvalue weighted by molar-refractivity contribution is -0.385. The molecule has 6 nitrogen and oxygen atoms in total. The van der Waals surface area contributed by atoms with Gasteiger partial charge in [-0.05, 0) is 33.3 Å². The molecule has 0 unspecified atom stereocenters. The molecule has 1 rings (SSSR count). The number of halogens is 1. The highest BCUT2D eigenvalue weighted by molar-refractivity contribution is 9.09. The van der Waals surface area contributed by atoms with Gasteiger partial charge in [0.25, 0.3) is 5.91 Å². The fourth-order valence-corrected chi connectivity index (χ4v) is 2.81. The highest BCUT2D eigenvalue weighted by Crippen LogP contribution is 2.31. The van der Waals surface area contributed by atoms with E-state index in [0.29, 0.717) is 0 Å². The average Bonchev–Trinajstić information content (AvgIpc) is 2.38. The third-order valence-corrected chi connectivity index (χ3v) is 3.29. The number of carbonyl (C=O) groups is 1. The van der Waals surface area contributed by atoms with Crippen LogP contribution in [-0.4, -0.2) is 28.3 Å². The van der Waals surface area contributed by atoms with Gasteiger partial charge >= 0.3 is 5.69 Å². The first kappa shape index (κ1) is 17.4. The third-order valence-electron chi connectivity index (χ3n) is 2.90. The quantitative estimate of drug-likeness (QED) is 0.460. The number of nitrogens with zero attached hydrogens (tertiary/aromatic N) is 1. The van der Waals surface area contributed by atoms with E-state index in [-0.39, 0.29) is 29.5 Å².